The Morgan fingerprint density at radius 3 is 2.48 bits per heavy atom. The molecule has 0 radical (unpaired) electrons. The maximum Gasteiger partial charge on any atom is 0.312 e. The largest absolute Gasteiger partial charge is 0.469 e. The summed E-state index contributed by atoms with van der Waals surface area (Å²) < 4.78 is 15.3. The summed E-state index contributed by atoms with van der Waals surface area (Å²) in [6.45, 7) is 4.03. The molecule has 1 aromatic rings. The molecule has 162 valence electrons. The summed E-state index contributed by atoms with van der Waals surface area (Å²) in [4.78, 5) is 36.3. The quantitative estimate of drug-likeness (QED) is 0.292. The van der Waals surface area contributed by atoms with E-state index in [1.807, 2.05) is 30.3 Å². The van der Waals surface area contributed by atoms with Gasteiger partial charge in [0.1, 0.15) is 13.2 Å². The van der Waals surface area contributed by atoms with Gasteiger partial charge in [0.05, 0.1) is 24.9 Å². The van der Waals surface area contributed by atoms with Crippen molar-refractivity contribution < 1.29 is 28.6 Å². The lowest BCUT2D eigenvalue weighted by atomic mass is 9.83. The predicted octanol–water partition coefficient (Wildman–Crippen LogP) is 2.56. The average molecular weight is 426 g/mol. The molecule has 1 aromatic carbocycles. The fraction of sp³-hybridized carbons (Fsp3) is 0.571. The number of benzene rings is 1. The summed E-state index contributed by atoms with van der Waals surface area (Å²) in [5.41, 5.74) is 5.42. The molecular weight excluding hydrogens is 394 g/mol. The van der Waals surface area contributed by atoms with E-state index in [-0.39, 0.29) is 44.5 Å². The van der Waals surface area contributed by atoms with E-state index in [1.54, 1.807) is 13.8 Å². The molecule has 29 heavy (non-hydrogen) atoms. The lowest BCUT2D eigenvalue weighted by Crippen LogP contribution is -2.37. The summed E-state index contributed by atoms with van der Waals surface area (Å²) in [5, 5.41) is 0. The summed E-state index contributed by atoms with van der Waals surface area (Å²) >= 11 is 1.44. The number of carbonyl (C=O) groups is 3. The van der Waals surface area contributed by atoms with Crippen molar-refractivity contribution in [1.29, 1.82) is 0 Å². The van der Waals surface area contributed by atoms with E-state index in [4.69, 9.17) is 15.2 Å². The standard InChI is InChI=1S/C21H31NO6S/c1-16(19(24)28-14-17-7-5-4-6-8-17)13-21(2,20(25)27-11-10-22)15-29-12-9-18(23)26-3/h4-8,16H,9-15,22H2,1-3H3. The molecule has 0 amide bonds. The van der Waals surface area contributed by atoms with Crippen LogP contribution in [0, 0.1) is 11.3 Å². The van der Waals surface area contributed by atoms with Crippen LogP contribution in [0.15, 0.2) is 30.3 Å². The Balaban J connectivity index is 2.66. The van der Waals surface area contributed by atoms with Crippen molar-refractivity contribution in [2.24, 2.45) is 17.1 Å². The topological polar surface area (TPSA) is 105 Å². The van der Waals surface area contributed by atoms with Gasteiger partial charge >= 0.3 is 17.9 Å². The van der Waals surface area contributed by atoms with E-state index < -0.39 is 17.3 Å². The van der Waals surface area contributed by atoms with E-state index in [0.29, 0.717) is 11.5 Å². The van der Waals surface area contributed by atoms with Crippen LogP contribution in [0.25, 0.3) is 0 Å². The highest BCUT2D eigenvalue weighted by molar-refractivity contribution is 7.99. The van der Waals surface area contributed by atoms with Gasteiger partial charge in [0.25, 0.3) is 0 Å². The van der Waals surface area contributed by atoms with Crippen molar-refractivity contribution in [3.63, 3.8) is 0 Å². The zero-order valence-corrected chi connectivity index (χ0v) is 18.2. The Kier molecular flexibility index (Phi) is 11.4. The minimum absolute atomic E-state index is 0.119. The van der Waals surface area contributed by atoms with E-state index in [2.05, 4.69) is 4.74 Å². The van der Waals surface area contributed by atoms with Crippen LogP contribution in [0.3, 0.4) is 0 Å². The second-order valence-corrected chi connectivity index (χ2v) is 8.17. The second kappa shape index (κ2) is 13.2. The molecule has 2 atom stereocenters. The van der Waals surface area contributed by atoms with Crippen LogP contribution in [0.1, 0.15) is 32.3 Å². The van der Waals surface area contributed by atoms with E-state index in [9.17, 15) is 14.4 Å². The number of carbonyl (C=O) groups excluding carboxylic acids is 3. The smallest absolute Gasteiger partial charge is 0.312 e. The van der Waals surface area contributed by atoms with Gasteiger partial charge in [-0.15, -0.1) is 0 Å². The molecule has 2 N–H and O–H groups in total. The van der Waals surface area contributed by atoms with Crippen molar-refractivity contribution >= 4 is 29.7 Å². The third-order valence-corrected chi connectivity index (χ3v) is 5.66. The number of hydrogen-bond donors (Lipinski definition) is 1. The molecule has 0 saturated carbocycles. The maximum atomic E-state index is 12.6. The van der Waals surface area contributed by atoms with Gasteiger partial charge < -0.3 is 19.9 Å². The Labute approximate surface area is 176 Å². The molecular formula is C21H31NO6S. The number of nitrogens with two attached hydrogens (primary N) is 1. The van der Waals surface area contributed by atoms with Gasteiger partial charge in [-0.2, -0.15) is 11.8 Å². The van der Waals surface area contributed by atoms with Gasteiger partial charge in [0.2, 0.25) is 0 Å². The summed E-state index contributed by atoms with van der Waals surface area (Å²) in [6.07, 6.45) is 0.527. The second-order valence-electron chi connectivity index (χ2n) is 7.06. The molecule has 8 heteroatoms. The van der Waals surface area contributed by atoms with Gasteiger partial charge in [0, 0.05) is 18.1 Å². The molecule has 1 rings (SSSR count). The number of hydrogen-bond acceptors (Lipinski definition) is 8. The van der Waals surface area contributed by atoms with Gasteiger partial charge in [0.15, 0.2) is 0 Å². The Morgan fingerprint density at radius 1 is 1.17 bits per heavy atom. The molecule has 0 fully saturated rings. The molecule has 0 bridgehead atoms. The van der Waals surface area contributed by atoms with Crippen LogP contribution in [-0.4, -0.2) is 49.7 Å². The summed E-state index contributed by atoms with van der Waals surface area (Å²) in [5.74, 6) is -0.649. The first-order valence-electron chi connectivity index (χ1n) is 9.55. The minimum Gasteiger partial charge on any atom is -0.469 e. The van der Waals surface area contributed by atoms with Gasteiger partial charge in [-0.25, -0.2) is 0 Å². The highest BCUT2D eigenvalue weighted by Crippen LogP contribution is 2.33. The molecule has 0 aliphatic heterocycles. The first kappa shape index (κ1) is 25.0. The molecule has 0 aromatic heterocycles. The first-order chi connectivity index (χ1) is 13.8. The van der Waals surface area contributed by atoms with Crippen LogP contribution in [-0.2, 0) is 35.2 Å². The van der Waals surface area contributed by atoms with Crippen molar-refractivity contribution in [1.82, 2.24) is 0 Å². The van der Waals surface area contributed by atoms with Crippen molar-refractivity contribution in [2.45, 2.75) is 33.3 Å². The van der Waals surface area contributed by atoms with Gasteiger partial charge in [-0.1, -0.05) is 37.3 Å². The number of esters is 3. The van der Waals surface area contributed by atoms with Crippen LogP contribution < -0.4 is 5.73 Å². The third-order valence-electron chi connectivity index (χ3n) is 4.33. The normalized spacial score (nSPS) is 13.8. The van der Waals surface area contributed by atoms with Gasteiger partial charge in [-0.3, -0.25) is 14.4 Å². The van der Waals surface area contributed by atoms with Crippen molar-refractivity contribution in [3.8, 4) is 0 Å². The molecule has 0 saturated heterocycles. The molecule has 0 heterocycles. The van der Waals surface area contributed by atoms with Crippen LogP contribution in [0.4, 0.5) is 0 Å². The zero-order valence-electron chi connectivity index (χ0n) is 17.3. The van der Waals surface area contributed by atoms with Gasteiger partial charge in [-0.05, 0) is 18.9 Å². The maximum absolute atomic E-state index is 12.6. The van der Waals surface area contributed by atoms with Crippen molar-refractivity contribution in [3.05, 3.63) is 35.9 Å². The number of ether oxygens (including phenoxy) is 3. The SMILES string of the molecule is COC(=O)CCSCC(C)(CC(C)C(=O)OCc1ccccc1)C(=O)OCCN. The van der Waals surface area contributed by atoms with Crippen LogP contribution in [0.2, 0.25) is 0 Å². The molecule has 0 spiro atoms. The van der Waals surface area contributed by atoms with Crippen molar-refractivity contribution in [2.75, 3.05) is 31.8 Å². The highest BCUT2D eigenvalue weighted by Gasteiger charge is 2.38. The van der Waals surface area contributed by atoms with E-state index in [1.165, 1.54) is 18.9 Å². The van der Waals surface area contributed by atoms with E-state index in [0.717, 1.165) is 5.56 Å². The summed E-state index contributed by atoms with van der Waals surface area (Å²) in [6, 6.07) is 9.41. The highest BCUT2D eigenvalue weighted by atomic mass is 32.2. The van der Waals surface area contributed by atoms with Crippen LogP contribution >= 0.6 is 11.8 Å². The minimum atomic E-state index is -0.902. The number of thioether (sulfide) groups is 1. The first-order valence-corrected chi connectivity index (χ1v) is 10.7. The lowest BCUT2D eigenvalue weighted by Gasteiger charge is -2.29. The third kappa shape index (κ3) is 9.32. The molecule has 0 aliphatic rings. The van der Waals surface area contributed by atoms with Crippen LogP contribution in [0.5, 0.6) is 0 Å². The van der Waals surface area contributed by atoms with E-state index >= 15 is 0 Å². The molecule has 2 unspecified atom stereocenters. The zero-order chi connectivity index (χ0) is 21.7. The number of rotatable bonds is 13. The average Bonchev–Trinajstić information content (AvgIpc) is 2.73. The summed E-state index contributed by atoms with van der Waals surface area (Å²) in [7, 11) is 1.34. The predicted molar refractivity (Wildman–Crippen MR) is 112 cm³/mol. The fourth-order valence-corrected chi connectivity index (χ4v) is 3.85. The Bertz CT molecular complexity index is 654. The monoisotopic (exact) mass is 425 g/mol. The molecule has 0 aliphatic carbocycles. The molecule has 7 nitrogen and oxygen atoms in total. The lowest BCUT2D eigenvalue weighted by molar-refractivity contribution is -0.157. The fourth-order valence-electron chi connectivity index (χ4n) is 2.71. The Morgan fingerprint density at radius 2 is 1.86 bits per heavy atom. The Hall–Kier alpha value is -2.06. The number of methoxy groups -OCH3 is 1.